The van der Waals surface area contributed by atoms with Gasteiger partial charge in [0.05, 0.1) is 5.69 Å². The van der Waals surface area contributed by atoms with Crippen molar-refractivity contribution in [1.29, 1.82) is 0 Å². The molecule has 0 aliphatic rings. The minimum atomic E-state index is -3.76. The molecule has 1 heterocycles. The van der Waals surface area contributed by atoms with Gasteiger partial charge in [0.2, 0.25) is 0 Å². The number of sulfonamides is 1. The standard InChI is InChI=1S/C12H12ClN3O2S/c1-8-7-9(13)4-5-10(8)16-19(17,18)11-3-2-6-15-12(11)14/h2-7,16H,1H3,(H2,14,15). The quantitative estimate of drug-likeness (QED) is 0.911. The Morgan fingerprint density at radius 2 is 2.05 bits per heavy atom. The van der Waals surface area contributed by atoms with E-state index in [0.717, 1.165) is 5.56 Å². The minimum Gasteiger partial charge on any atom is -0.383 e. The van der Waals surface area contributed by atoms with Crippen molar-refractivity contribution in [1.82, 2.24) is 4.98 Å². The van der Waals surface area contributed by atoms with Crippen LogP contribution in [0.1, 0.15) is 5.56 Å². The molecule has 0 fully saturated rings. The summed E-state index contributed by atoms with van der Waals surface area (Å²) in [5, 5.41) is 0.543. The first-order chi connectivity index (χ1) is 8.90. The minimum absolute atomic E-state index is 0.0402. The molecule has 0 aliphatic heterocycles. The van der Waals surface area contributed by atoms with Crippen LogP contribution in [0.15, 0.2) is 41.4 Å². The molecule has 19 heavy (non-hydrogen) atoms. The Bertz CT molecular complexity index is 717. The van der Waals surface area contributed by atoms with Crippen molar-refractivity contribution in [3.63, 3.8) is 0 Å². The summed E-state index contributed by atoms with van der Waals surface area (Å²) in [4.78, 5) is 3.71. The average molecular weight is 298 g/mol. The van der Waals surface area contributed by atoms with E-state index in [1.807, 2.05) is 0 Å². The second-order valence-electron chi connectivity index (χ2n) is 3.95. The van der Waals surface area contributed by atoms with Gasteiger partial charge in [-0.15, -0.1) is 0 Å². The number of halogens is 1. The highest BCUT2D eigenvalue weighted by atomic mass is 35.5. The van der Waals surface area contributed by atoms with Gasteiger partial charge in [0.15, 0.2) is 0 Å². The molecule has 0 bridgehead atoms. The molecule has 0 aliphatic carbocycles. The van der Waals surface area contributed by atoms with Gasteiger partial charge in [0, 0.05) is 11.2 Å². The van der Waals surface area contributed by atoms with E-state index in [2.05, 4.69) is 9.71 Å². The van der Waals surface area contributed by atoms with Gasteiger partial charge in [0.1, 0.15) is 10.7 Å². The number of anilines is 2. The molecule has 0 spiro atoms. The molecule has 7 heteroatoms. The van der Waals surface area contributed by atoms with Crippen molar-refractivity contribution in [2.24, 2.45) is 0 Å². The van der Waals surface area contributed by atoms with Crippen LogP contribution in [0.4, 0.5) is 11.5 Å². The highest BCUT2D eigenvalue weighted by molar-refractivity contribution is 7.92. The maximum Gasteiger partial charge on any atom is 0.265 e. The second kappa shape index (κ2) is 5.07. The summed E-state index contributed by atoms with van der Waals surface area (Å²) in [5.41, 5.74) is 6.74. The molecular formula is C12H12ClN3O2S. The second-order valence-corrected chi connectivity index (χ2v) is 6.04. The number of rotatable bonds is 3. The number of nitrogens with two attached hydrogens (primary N) is 1. The number of aromatic nitrogens is 1. The summed E-state index contributed by atoms with van der Waals surface area (Å²) in [6, 6.07) is 7.79. The number of nitrogen functional groups attached to an aromatic ring is 1. The molecule has 2 rings (SSSR count). The van der Waals surface area contributed by atoms with Gasteiger partial charge < -0.3 is 5.73 Å². The summed E-state index contributed by atoms with van der Waals surface area (Å²) in [5.74, 6) is -0.0402. The molecule has 1 aromatic carbocycles. The molecular weight excluding hydrogens is 286 g/mol. The molecule has 1 aromatic heterocycles. The van der Waals surface area contributed by atoms with Crippen molar-refractivity contribution in [3.05, 3.63) is 47.1 Å². The lowest BCUT2D eigenvalue weighted by atomic mass is 10.2. The molecule has 0 unspecified atom stereocenters. The molecule has 2 aromatic rings. The fourth-order valence-corrected chi connectivity index (χ4v) is 3.01. The molecule has 3 N–H and O–H groups in total. The van der Waals surface area contributed by atoms with E-state index in [4.69, 9.17) is 17.3 Å². The summed E-state index contributed by atoms with van der Waals surface area (Å²) in [6.07, 6.45) is 1.43. The summed E-state index contributed by atoms with van der Waals surface area (Å²) >= 11 is 5.82. The number of hydrogen-bond donors (Lipinski definition) is 2. The van der Waals surface area contributed by atoms with Crippen molar-refractivity contribution in [2.75, 3.05) is 10.5 Å². The van der Waals surface area contributed by atoms with Crippen LogP contribution in [0.5, 0.6) is 0 Å². The van der Waals surface area contributed by atoms with Gasteiger partial charge in [-0.3, -0.25) is 4.72 Å². The number of pyridine rings is 1. The largest absolute Gasteiger partial charge is 0.383 e. The normalized spacial score (nSPS) is 11.3. The van der Waals surface area contributed by atoms with Crippen molar-refractivity contribution >= 4 is 33.1 Å². The molecule has 0 atom stereocenters. The lowest BCUT2D eigenvalue weighted by Gasteiger charge is -2.11. The Balaban J connectivity index is 2.40. The number of benzene rings is 1. The molecule has 0 radical (unpaired) electrons. The van der Waals surface area contributed by atoms with Crippen LogP contribution in [0.25, 0.3) is 0 Å². The van der Waals surface area contributed by atoms with Gasteiger partial charge in [0.25, 0.3) is 10.0 Å². The Hall–Kier alpha value is -1.79. The first-order valence-electron chi connectivity index (χ1n) is 5.39. The van der Waals surface area contributed by atoms with Crippen molar-refractivity contribution < 1.29 is 8.42 Å². The van der Waals surface area contributed by atoms with Crippen LogP contribution in [0.2, 0.25) is 5.02 Å². The Morgan fingerprint density at radius 3 is 2.68 bits per heavy atom. The van der Waals surface area contributed by atoms with E-state index < -0.39 is 10.0 Å². The fourth-order valence-electron chi connectivity index (χ4n) is 1.57. The Morgan fingerprint density at radius 1 is 1.32 bits per heavy atom. The first kappa shape index (κ1) is 13.6. The summed E-state index contributed by atoms with van der Waals surface area (Å²) in [7, 11) is -3.76. The van der Waals surface area contributed by atoms with Crippen LogP contribution in [0, 0.1) is 6.92 Å². The fraction of sp³-hybridized carbons (Fsp3) is 0.0833. The van der Waals surface area contributed by atoms with Gasteiger partial charge in [-0.2, -0.15) is 0 Å². The van der Waals surface area contributed by atoms with E-state index in [1.165, 1.54) is 18.3 Å². The SMILES string of the molecule is Cc1cc(Cl)ccc1NS(=O)(=O)c1cccnc1N. The van der Waals surface area contributed by atoms with E-state index in [9.17, 15) is 8.42 Å². The third-order valence-electron chi connectivity index (χ3n) is 2.52. The molecule has 100 valence electrons. The van der Waals surface area contributed by atoms with E-state index >= 15 is 0 Å². The highest BCUT2D eigenvalue weighted by Crippen LogP contribution is 2.24. The number of nitrogens with one attached hydrogen (secondary N) is 1. The average Bonchev–Trinajstić information content (AvgIpc) is 2.33. The lowest BCUT2D eigenvalue weighted by Crippen LogP contribution is -2.16. The monoisotopic (exact) mass is 297 g/mol. The zero-order valence-corrected chi connectivity index (χ0v) is 11.7. The van der Waals surface area contributed by atoms with E-state index in [0.29, 0.717) is 10.7 Å². The van der Waals surface area contributed by atoms with Crippen molar-refractivity contribution in [2.45, 2.75) is 11.8 Å². The van der Waals surface area contributed by atoms with Crippen LogP contribution in [-0.2, 0) is 10.0 Å². The van der Waals surface area contributed by atoms with E-state index in [-0.39, 0.29) is 10.7 Å². The van der Waals surface area contributed by atoms with Crippen LogP contribution in [-0.4, -0.2) is 13.4 Å². The lowest BCUT2D eigenvalue weighted by molar-refractivity contribution is 0.601. The van der Waals surface area contributed by atoms with Gasteiger partial charge in [-0.25, -0.2) is 13.4 Å². The highest BCUT2D eigenvalue weighted by Gasteiger charge is 2.18. The number of aryl methyl sites for hydroxylation is 1. The maximum atomic E-state index is 12.2. The number of nitrogens with zero attached hydrogens (tertiary/aromatic N) is 1. The first-order valence-corrected chi connectivity index (χ1v) is 7.26. The van der Waals surface area contributed by atoms with Crippen LogP contribution in [0.3, 0.4) is 0 Å². The predicted octanol–water partition coefficient (Wildman–Crippen LogP) is 2.43. The van der Waals surface area contributed by atoms with Gasteiger partial charge in [-0.1, -0.05) is 11.6 Å². The maximum absolute atomic E-state index is 12.2. The topological polar surface area (TPSA) is 85.1 Å². The van der Waals surface area contributed by atoms with Gasteiger partial charge in [-0.05, 0) is 42.8 Å². The Kier molecular flexibility index (Phi) is 3.64. The van der Waals surface area contributed by atoms with Crippen LogP contribution < -0.4 is 10.5 Å². The summed E-state index contributed by atoms with van der Waals surface area (Å²) in [6.45, 7) is 1.76. The third-order valence-corrected chi connectivity index (χ3v) is 4.17. The zero-order chi connectivity index (χ0) is 14.0. The third kappa shape index (κ3) is 2.97. The van der Waals surface area contributed by atoms with E-state index in [1.54, 1.807) is 25.1 Å². The molecule has 0 saturated heterocycles. The molecule has 0 saturated carbocycles. The van der Waals surface area contributed by atoms with Gasteiger partial charge >= 0.3 is 0 Å². The molecule has 0 amide bonds. The zero-order valence-electron chi connectivity index (χ0n) is 10.1. The molecule has 5 nitrogen and oxygen atoms in total. The Labute approximate surface area is 116 Å². The van der Waals surface area contributed by atoms with Crippen molar-refractivity contribution in [3.8, 4) is 0 Å². The summed E-state index contributed by atoms with van der Waals surface area (Å²) < 4.78 is 26.9. The predicted molar refractivity (Wildman–Crippen MR) is 75.6 cm³/mol. The smallest absolute Gasteiger partial charge is 0.265 e. The number of hydrogen-bond acceptors (Lipinski definition) is 4. The van der Waals surface area contributed by atoms with Crippen LogP contribution >= 0.6 is 11.6 Å².